The Morgan fingerprint density at radius 1 is 1.00 bits per heavy atom. The number of amidine groups is 1. The second kappa shape index (κ2) is 12.8. The van der Waals surface area contributed by atoms with Gasteiger partial charge in [0, 0.05) is 6.54 Å². The third kappa shape index (κ3) is 6.66. The van der Waals surface area contributed by atoms with Crippen LogP contribution in [0.3, 0.4) is 0 Å². The fraction of sp³-hybridized carbons (Fsp3) is 0.308. The van der Waals surface area contributed by atoms with Crippen LogP contribution in [-0.2, 0) is 19.1 Å². The van der Waals surface area contributed by atoms with E-state index in [4.69, 9.17) is 18.9 Å². The smallest absolute Gasteiger partial charge is 0.344 e. The van der Waals surface area contributed by atoms with Crippen LogP contribution in [0, 0.1) is 0 Å². The SMILES string of the molecule is CCOC(=O)COc1ccc(/C=C2/SC(=Nc3ccc(C(=O)OC)cc3)N(CC)C2=O)cc1OCC. The zero-order chi connectivity index (χ0) is 26.1. The van der Waals surface area contributed by atoms with Crippen LogP contribution in [0.2, 0.25) is 0 Å². The second-order valence-electron chi connectivity index (χ2n) is 7.33. The maximum Gasteiger partial charge on any atom is 0.344 e. The number of hydrogen-bond acceptors (Lipinski definition) is 9. The minimum atomic E-state index is -0.467. The highest BCUT2D eigenvalue weighted by atomic mass is 32.2. The molecule has 0 atom stereocenters. The van der Waals surface area contributed by atoms with Gasteiger partial charge >= 0.3 is 11.9 Å². The van der Waals surface area contributed by atoms with E-state index in [-0.39, 0.29) is 19.1 Å². The lowest BCUT2D eigenvalue weighted by molar-refractivity contribution is -0.145. The van der Waals surface area contributed by atoms with Crippen molar-refractivity contribution in [3.8, 4) is 11.5 Å². The third-order valence-electron chi connectivity index (χ3n) is 4.93. The molecule has 1 aliphatic heterocycles. The van der Waals surface area contributed by atoms with Crippen LogP contribution < -0.4 is 9.47 Å². The largest absolute Gasteiger partial charge is 0.490 e. The normalized spacial score (nSPS) is 15.3. The molecule has 1 amide bonds. The number of carbonyl (C=O) groups excluding carboxylic acids is 3. The van der Waals surface area contributed by atoms with Crippen LogP contribution in [0.4, 0.5) is 5.69 Å². The van der Waals surface area contributed by atoms with Gasteiger partial charge < -0.3 is 18.9 Å². The van der Waals surface area contributed by atoms with E-state index >= 15 is 0 Å². The van der Waals surface area contributed by atoms with E-state index in [9.17, 15) is 14.4 Å². The van der Waals surface area contributed by atoms with Crippen molar-refractivity contribution in [2.45, 2.75) is 20.8 Å². The molecule has 0 bridgehead atoms. The monoisotopic (exact) mass is 512 g/mol. The van der Waals surface area contributed by atoms with E-state index < -0.39 is 11.9 Å². The highest BCUT2D eigenvalue weighted by molar-refractivity contribution is 8.18. The molecular weight excluding hydrogens is 484 g/mol. The summed E-state index contributed by atoms with van der Waals surface area (Å²) in [4.78, 5) is 43.0. The van der Waals surface area contributed by atoms with Gasteiger partial charge in [-0.05, 0) is 80.6 Å². The van der Waals surface area contributed by atoms with Crippen LogP contribution in [0.1, 0.15) is 36.7 Å². The van der Waals surface area contributed by atoms with Crippen LogP contribution in [0.5, 0.6) is 11.5 Å². The maximum absolute atomic E-state index is 13.0. The lowest BCUT2D eigenvalue weighted by Crippen LogP contribution is -2.28. The molecule has 0 N–H and O–H groups in total. The highest BCUT2D eigenvalue weighted by Gasteiger charge is 2.32. The number of thioether (sulfide) groups is 1. The molecule has 0 radical (unpaired) electrons. The summed E-state index contributed by atoms with van der Waals surface area (Å²) in [5.41, 5.74) is 1.77. The Morgan fingerprint density at radius 3 is 2.39 bits per heavy atom. The molecule has 10 heteroatoms. The molecule has 9 nitrogen and oxygen atoms in total. The number of benzene rings is 2. The number of rotatable bonds is 10. The van der Waals surface area contributed by atoms with Crippen LogP contribution in [0.25, 0.3) is 6.08 Å². The molecule has 0 spiro atoms. The van der Waals surface area contributed by atoms with Gasteiger partial charge in [-0.2, -0.15) is 0 Å². The van der Waals surface area contributed by atoms with Crippen molar-refractivity contribution in [1.82, 2.24) is 4.90 Å². The lowest BCUT2D eigenvalue weighted by atomic mass is 10.2. The van der Waals surface area contributed by atoms with E-state index in [0.717, 1.165) is 5.56 Å². The van der Waals surface area contributed by atoms with Crippen LogP contribution in [0.15, 0.2) is 52.4 Å². The molecule has 0 saturated carbocycles. The average Bonchev–Trinajstić information content (AvgIpc) is 3.17. The van der Waals surface area contributed by atoms with E-state index in [0.29, 0.717) is 46.0 Å². The van der Waals surface area contributed by atoms with Gasteiger partial charge in [-0.3, -0.25) is 9.69 Å². The summed E-state index contributed by atoms with van der Waals surface area (Å²) in [5.74, 6) is -0.189. The summed E-state index contributed by atoms with van der Waals surface area (Å²) in [7, 11) is 1.33. The quantitative estimate of drug-likeness (QED) is 0.340. The standard InChI is InChI=1S/C26H28N2O7S/c1-5-28-24(30)22(36-26(28)27-19-11-9-18(10-12-19)25(31)32-4)15-17-8-13-20(21(14-17)33-6-2)35-16-23(29)34-7-3/h8-15H,5-7,16H2,1-4H3/b22-15+,27-26?. The van der Waals surface area contributed by atoms with Crippen molar-refractivity contribution in [2.75, 3.05) is 33.5 Å². The van der Waals surface area contributed by atoms with Gasteiger partial charge in [0.05, 0.1) is 36.5 Å². The minimum Gasteiger partial charge on any atom is -0.490 e. The average molecular weight is 513 g/mol. The molecule has 0 aliphatic carbocycles. The van der Waals surface area contributed by atoms with Crippen molar-refractivity contribution in [3.63, 3.8) is 0 Å². The van der Waals surface area contributed by atoms with Crippen molar-refractivity contribution in [1.29, 1.82) is 0 Å². The Balaban J connectivity index is 1.82. The Bertz CT molecular complexity index is 1180. The molecule has 3 rings (SSSR count). The summed E-state index contributed by atoms with van der Waals surface area (Å²) in [6.45, 7) is 6.35. The molecule has 1 heterocycles. The highest BCUT2D eigenvalue weighted by Crippen LogP contribution is 2.36. The van der Waals surface area contributed by atoms with Crippen molar-refractivity contribution in [3.05, 3.63) is 58.5 Å². The molecule has 0 unspecified atom stereocenters. The number of carbonyl (C=O) groups is 3. The van der Waals surface area contributed by atoms with Crippen molar-refractivity contribution >= 4 is 46.5 Å². The fourth-order valence-corrected chi connectivity index (χ4v) is 4.33. The molecule has 1 aliphatic rings. The zero-order valence-electron chi connectivity index (χ0n) is 20.6. The van der Waals surface area contributed by atoms with E-state index in [1.165, 1.54) is 18.9 Å². The first-order valence-corrected chi connectivity index (χ1v) is 12.3. The first-order chi connectivity index (χ1) is 17.4. The maximum atomic E-state index is 13.0. The molecule has 0 aromatic heterocycles. The van der Waals surface area contributed by atoms with E-state index in [1.807, 2.05) is 13.8 Å². The molecule has 1 saturated heterocycles. The number of ether oxygens (including phenoxy) is 4. The van der Waals surface area contributed by atoms with Gasteiger partial charge in [0.15, 0.2) is 23.3 Å². The molecular formula is C26H28N2O7S. The first-order valence-electron chi connectivity index (χ1n) is 11.4. The summed E-state index contributed by atoms with van der Waals surface area (Å²) < 4.78 is 20.8. The van der Waals surface area contributed by atoms with Gasteiger partial charge in [-0.1, -0.05) is 6.07 Å². The predicted octanol–water partition coefficient (Wildman–Crippen LogP) is 4.44. The van der Waals surface area contributed by atoms with Gasteiger partial charge in [0.2, 0.25) is 0 Å². The number of amides is 1. The van der Waals surface area contributed by atoms with Crippen LogP contribution >= 0.6 is 11.8 Å². The van der Waals surface area contributed by atoms with Gasteiger partial charge in [0.1, 0.15) is 0 Å². The van der Waals surface area contributed by atoms with Crippen LogP contribution in [-0.4, -0.2) is 61.4 Å². The van der Waals surface area contributed by atoms with E-state index in [1.54, 1.807) is 60.4 Å². The topological polar surface area (TPSA) is 104 Å². The molecule has 190 valence electrons. The van der Waals surface area contributed by atoms with Gasteiger partial charge in [-0.25, -0.2) is 14.6 Å². The summed E-state index contributed by atoms with van der Waals surface area (Å²) in [6, 6.07) is 11.9. The Morgan fingerprint density at radius 2 is 1.75 bits per heavy atom. The third-order valence-corrected chi connectivity index (χ3v) is 5.94. The Kier molecular flexibility index (Phi) is 9.52. The van der Waals surface area contributed by atoms with Gasteiger partial charge in [0.25, 0.3) is 5.91 Å². The number of aliphatic imine (C=N–C) groups is 1. The van der Waals surface area contributed by atoms with Crippen molar-refractivity contribution in [2.24, 2.45) is 4.99 Å². The lowest BCUT2D eigenvalue weighted by Gasteiger charge is -2.12. The number of esters is 2. The number of methoxy groups -OCH3 is 1. The molecule has 36 heavy (non-hydrogen) atoms. The Labute approximate surface area is 214 Å². The van der Waals surface area contributed by atoms with Gasteiger partial charge in [-0.15, -0.1) is 0 Å². The predicted molar refractivity (Wildman–Crippen MR) is 138 cm³/mol. The molecule has 2 aromatic carbocycles. The molecule has 2 aromatic rings. The summed E-state index contributed by atoms with van der Waals surface area (Å²) in [6.07, 6.45) is 1.76. The number of hydrogen-bond donors (Lipinski definition) is 0. The van der Waals surface area contributed by atoms with Crippen molar-refractivity contribution < 1.29 is 33.3 Å². The fourth-order valence-electron chi connectivity index (χ4n) is 3.26. The summed E-state index contributed by atoms with van der Waals surface area (Å²) in [5, 5.41) is 0.541. The van der Waals surface area contributed by atoms with E-state index in [2.05, 4.69) is 4.99 Å². The number of likely N-dealkylation sites (N-methyl/N-ethyl adjacent to an activating group) is 1. The minimum absolute atomic E-state index is 0.159. The zero-order valence-corrected chi connectivity index (χ0v) is 21.4. The molecule has 1 fully saturated rings. The first kappa shape index (κ1) is 26.8. The second-order valence-corrected chi connectivity index (χ2v) is 8.33. The Hall–Kier alpha value is -3.79. The summed E-state index contributed by atoms with van der Waals surface area (Å²) >= 11 is 1.26. The number of nitrogens with zero attached hydrogens (tertiary/aromatic N) is 2.